The van der Waals surface area contributed by atoms with Crippen LogP contribution in [-0.2, 0) is 4.79 Å². The van der Waals surface area contributed by atoms with Crippen molar-refractivity contribution in [3.8, 4) is 0 Å². The molecule has 0 bridgehead atoms. The molecule has 0 saturated heterocycles. The van der Waals surface area contributed by atoms with E-state index in [1.807, 2.05) is 0 Å². The Hall–Kier alpha value is -1.23. The Bertz CT molecular complexity index is 201. The van der Waals surface area contributed by atoms with Gasteiger partial charge in [-0.2, -0.15) is 0 Å². The first-order valence-electron chi connectivity index (χ1n) is 3.16. The largest absolute Gasteiger partial charge is 0.508 e. The lowest BCUT2D eigenvalue weighted by atomic mass is 9.99. The van der Waals surface area contributed by atoms with Crippen molar-refractivity contribution in [2.24, 2.45) is 5.92 Å². The Morgan fingerprint density at radius 2 is 2.36 bits per heavy atom. The lowest BCUT2D eigenvalue weighted by Gasteiger charge is -2.22. The lowest BCUT2D eigenvalue weighted by molar-refractivity contribution is -0.145. The van der Waals surface area contributed by atoms with E-state index in [0.717, 1.165) is 0 Å². The summed E-state index contributed by atoms with van der Waals surface area (Å²) in [7, 11) is 0. The van der Waals surface area contributed by atoms with Crippen LogP contribution in [0.5, 0.6) is 0 Å². The van der Waals surface area contributed by atoms with Crippen molar-refractivity contribution < 1.29 is 20.1 Å². The van der Waals surface area contributed by atoms with Gasteiger partial charge in [0.15, 0.2) is 0 Å². The van der Waals surface area contributed by atoms with E-state index >= 15 is 0 Å². The SMILES string of the molecule is O=C(O)[C@H]1CNC=C(O)[C@H]1O. The van der Waals surface area contributed by atoms with E-state index < -0.39 is 18.0 Å². The zero-order valence-electron chi connectivity index (χ0n) is 5.69. The summed E-state index contributed by atoms with van der Waals surface area (Å²) < 4.78 is 0. The molecule has 62 valence electrons. The molecule has 1 aliphatic rings. The fraction of sp³-hybridized carbons (Fsp3) is 0.500. The van der Waals surface area contributed by atoms with E-state index in [9.17, 15) is 4.79 Å². The molecule has 0 unspecified atom stereocenters. The molecule has 0 spiro atoms. The van der Waals surface area contributed by atoms with Crippen LogP contribution in [-0.4, -0.2) is 33.9 Å². The second-order valence-electron chi connectivity index (χ2n) is 2.37. The number of carboxylic acid groups (broad SMARTS) is 1. The van der Waals surface area contributed by atoms with Crippen LogP contribution in [0, 0.1) is 5.92 Å². The Labute approximate surface area is 63.0 Å². The highest BCUT2D eigenvalue weighted by atomic mass is 16.4. The first-order chi connectivity index (χ1) is 5.13. The third-order valence-corrected chi connectivity index (χ3v) is 1.59. The molecular weight excluding hydrogens is 150 g/mol. The third-order valence-electron chi connectivity index (χ3n) is 1.59. The van der Waals surface area contributed by atoms with Crippen LogP contribution < -0.4 is 5.32 Å². The highest BCUT2D eigenvalue weighted by Gasteiger charge is 2.31. The van der Waals surface area contributed by atoms with Crippen molar-refractivity contribution in [1.82, 2.24) is 5.32 Å². The van der Waals surface area contributed by atoms with Crippen LogP contribution in [0.3, 0.4) is 0 Å². The summed E-state index contributed by atoms with van der Waals surface area (Å²) >= 11 is 0. The van der Waals surface area contributed by atoms with E-state index in [-0.39, 0.29) is 12.3 Å². The standard InChI is InChI=1S/C6H9NO4/c8-4-2-7-1-3(5(4)9)6(10)11/h2-3,5,7-9H,1H2,(H,10,11)/t3-,5-/m0/s1. The number of aliphatic hydroxyl groups is 2. The van der Waals surface area contributed by atoms with Gasteiger partial charge in [0, 0.05) is 12.7 Å². The molecule has 5 nitrogen and oxygen atoms in total. The summed E-state index contributed by atoms with van der Waals surface area (Å²) in [4.78, 5) is 10.4. The third kappa shape index (κ3) is 1.43. The molecule has 0 aromatic heterocycles. The van der Waals surface area contributed by atoms with Gasteiger partial charge in [-0.25, -0.2) is 0 Å². The van der Waals surface area contributed by atoms with Gasteiger partial charge in [-0.1, -0.05) is 0 Å². The zero-order valence-corrected chi connectivity index (χ0v) is 5.69. The summed E-state index contributed by atoms with van der Waals surface area (Å²) in [6.07, 6.45) is -0.0850. The highest BCUT2D eigenvalue weighted by molar-refractivity contribution is 5.71. The molecule has 0 saturated carbocycles. The van der Waals surface area contributed by atoms with E-state index in [4.69, 9.17) is 15.3 Å². The van der Waals surface area contributed by atoms with Gasteiger partial charge in [-0.05, 0) is 0 Å². The molecule has 0 aromatic carbocycles. The van der Waals surface area contributed by atoms with Crippen molar-refractivity contribution in [2.75, 3.05) is 6.54 Å². The molecule has 4 N–H and O–H groups in total. The average molecular weight is 159 g/mol. The fourth-order valence-electron chi connectivity index (χ4n) is 0.916. The second-order valence-corrected chi connectivity index (χ2v) is 2.37. The van der Waals surface area contributed by atoms with Gasteiger partial charge in [-0.15, -0.1) is 0 Å². The maximum Gasteiger partial charge on any atom is 0.311 e. The maximum absolute atomic E-state index is 10.4. The summed E-state index contributed by atoms with van der Waals surface area (Å²) in [5, 5.41) is 29.0. The Balaban J connectivity index is 2.72. The zero-order chi connectivity index (χ0) is 8.43. The van der Waals surface area contributed by atoms with Crippen LogP contribution in [0.25, 0.3) is 0 Å². The predicted molar refractivity (Wildman–Crippen MR) is 35.8 cm³/mol. The second kappa shape index (κ2) is 2.79. The monoisotopic (exact) mass is 159 g/mol. The molecule has 5 heteroatoms. The average Bonchev–Trinajstić information content (AvgIpc) is 1.94. The number of carboxylic acids is 1. The van der Waals surface area contributed by atoms with E-state index in [1.54, 1.807) is 0 Å². The number of aliphatic hydroxyl groups excluding tert-OH is 2. The minimum atomic E-state index is -1.28. The summed E-state index contributed by atoms with van der Waals surface area (Å²) in [5.74, 6) is -2.41. The Morgan fingerprint density at radius 1 is 1.73 bits per heavy atom. The molecule has 0 aromatic rings. The molecule has 0 amide bonds. The van der Waals surface area contributed by atoms with Crippen molar-refractivity contribution in [1.29, 1.82) is 0 Å². The number of hydrogen-bond acceptors (Lipinski definition) is 4. The molecule has 0 aliphatic carbocycles. The minimum Gasteiger partial charge on any atom is -0.508 e. The van der Waals surface area contributed by atoms with Crippen LogP contribution in [0.4, 0.5) is 0 Å². The molecule has 0 radical (unpaired) electrons. The van der Waals surface area contributed by atoms with Crippen LogP contribution >= 0.6 is 0 Å². The quantitative estimate of drug-likeness (QED) is 0.396. The fourth-order valence-corrected chi connectivity index (χ4v) is 0.916. The number of hydrogen-bond donors (Lipinski definition) is 4. The molecular formula is C6H9NO4. The van der Waals surface area contributed by atoms with E-state index in [0.29, 0.717) is 0 Å². The molecule has 0 fully saturated rings. The van der Waals surface area contributed by atoms with Crippen LogP contribution in [0.1, 0.15) is 0 Å². The van der Waals surface area contributed by atoms with Crippen molar-refractivity contribution in [3.63, 3.8) is 0 Å². The molecule has 2 atom stereocenters. The first kappa shape index (κ1) is 7.87. The smallest absolute Gasteiger partial charge is 0.311 e. The normalized spacial score (nSPS) is 30.5. The van der Waals surface area contributed by atoms with Crippen molar-refractivity contribution in [2.45, 2.75) is 6.10 Å². The Kier molecular flexibility index (Phi) is 2.00. The summed E-state index contributed by atoms with van der Waals surface area (Å²) in [6.45, 7) is 0.139. The van der Waals surface area contributed by atoms with Gasteiger partial charge >= 0.3 is 5.97 Å². The molecule has 11 heavy (non-hydrogen) atoms. The minimum absolute atomic E-state index is 0.139. The van der Waals surface area contributed by atoms with Gasteiger partial charge in [0.2, 0.25) is 0 Å². The first-order valence-corrected chi connectivity index (χ1v) is 3.16. The van der Waals surface area contributed by atoms with Crippen LogP contribution in [0.15, 0.2) is 12.0 Å². The number of rotatable bonds is 1. The summed E-state index contributed by atoms with van der Waals surface area (Å²) in [6, 6.07) is 0. The van der Waals surface area contributed by atoms with E-state index in [1.165, 1.54) is 6.20 Å². The lowest BCUT2D eigenvalue weighted by Crippen LogP contribution is -2.40. The molecule has 1 heterocycles. The van der Waals surface area contributed by atoms with Gasteiger partial charge in [-0.3, -0.25) is 4.79 Å². The van der Waals surface area contributed by atoms with Gasteiger partial charge < -0.3 is 20.6 Å². The van der Waals surface area contributed by atoms with E-state index in [2.05, 4.69) is 5.32 Å². The summed E-state index contributed by atoms with van der Waals surface area (Å²) in [5.41, 5.74) is 0. The highest BCUT2D eigenvalue weighted by Crippen LogP contribution is 2.13. The topological polar surface area (TPSA) is 89.8 Å². The van der Waals surface area contributed by atoms with Crippen LogP contribution in [0.2, 0.25) is 0 Å². The van der Waals surface area contributed by atoms with Gasteiger partial charge in [0.1, 0.15) is 17.8 Å². The Morgan fingerprint density at radius 3 is 2.82 bits per heavy atom. The molecule has 1 rings (SSSR count). The number of aliphatic carboxylic acids is 1. The predicted octanol–water partition coefficient (Wildman–Crippen LogP) is -0.949. The van der Waals surface area contributed by atoms with Crippen molar-refractivity contribution in [3.05, 3.63) is 12.0 Å². The van der Waals surface area contributed by atoms with Gasteiger partial charge in [0.25, 0.3) is 0 Å². The van der Waals surface area contributed by atoms with Gasteiger partial charge in [0.05, 0.1) is 0 Å². The van der Waals surface area contributed by atoms with Crippen molar-refractivity contribution >= 4 is 5.97 Å². The number of nitrogens with one attached hydrogen (secondary N) is 1. The molecule has 1 aliphatic heterocycles. The number of carbonyl (C=O) groups is 1. The maximum atomic E-state index is 10.4.